The largest absolute Gasteiger partial charge is 0.392 e. The molecule has 1 atom stereocenters. The summed E-state index contributed by atoms with van der Waals surface area (Å²) < 4.78 is 2.01. The molecule has 1 unspecified atom stereocenters. The maximum absolute atomic E-state index is 10.1. The molecular weight excluding hydrogens is 220 g/mol. The van der Waals surface area contributed by atoms with E-state index in [1.165, 1.54) is 0 Å². The maximum Gasteiger partial charge on any atom is 0.193 e. The second-order valence-electron chi connectivity index (χ2n) is 4.89. The molecule has 0 saturated carbocycles. The highest BCUT2D eigenvalue weighted by molar-refractivity contribution is 7.15. The van der Waals surface area contributed by atoms with Crippen LogP contribution in [0.15, 0.2) is 17.8 Å². The van der Waals surface area contributed by atoms with Crippen molar-refractivity contribution in [2.24, 2.45) is 5.41 Å². The van der Waals surface area contributed by atoms with Crippen molar-refractivity contribution in [3.63, 3.8) is 0 Å². The summed E-state index contributed by atoms with van der Waals surface area (Å²) >= 11 is 1.62. The highest BCUT2D eigenvalue weighted by atomic mass is 32.1. The first-order chi connectivity index (χ1) is 7.53. The van der Waals surface area contributed by atoms with Crippen molar-refractivity contribution in [1.29, 1.82) is 0 Å². The van der Waals surface area contributed by atoms with Gasteiger partial charge in [-0.1, -0.05) is 20.8 Å². The zero-order chi connectivity index (χ0) is 11.8. The fourth-order valence-electron chi connectivity index (χ4n) is 1.58. The Morgan fingerprint density at radius 1 is 1.56 bits per heavy atom. The molecule has 0 saturated heterocycles. The fraction of sp³-hybridized carbons (Fsp3) is 0.583. The van der Waals surface area contributed by atoms with Gasteiger partial charge >= 0.3 is 0 Å². The van der Waals surface area contributed by atoms with Crippen LogP contribution in [0.4, 0.5) is 0 Å². The van der Waals surface area contributed by atoms with Gasteiger partial charge in [0.25, 0.3) is 0 Å². The summed E-state index contributed by atoms with van der Waals surface area (Å²) in [5, 5.41) is 12.2. The summed E-state index contributed by atoms with van der Waals surface area (Å²) in [7, 11) is 0. The first kappa shape index (κ1) is 11.6. The Bertz CT molecular complexity index is 444. The third-order valence-electron chi connectivity index (χ3n) is 3.36. The quantitative estimate of drug-likeness (QED) is 0.889. The van der Waals surface area contributed by atoms with Crippen LogP contribution in [0.5, 0.6) is 0 Å². The molecular formula is C12H18N2OS. The van der Waals surface area contributed by atoms with Crippen molar-refractivity contribution in [1.82, 2.24) is 9.38 Å². The number of rotatable bonds is 4. The molecule has 2 aromatic heterocycles. The molecule has 2 aromatic rings. The number of aliphatic hydroxyl groups is 1. The van der Waals surface area contributed by atoms with E-state index in [1.807, 2.05) is 22.2 Å². The van der Waals surface area contributed by atoms with Crippen LogP contribution in [-0.4, -0.2) is 20.6 Å². The van der Waals surface area contributed by atoms with E-state index < -0.39 is 0 Å². The Morgan fingerprint density at radius 2 is 2.31 bits per heavy atom. The number of nitrogens with zero attached hydrogens (tertiary/aromatic N) is 2. The first-order valence-electron chi connectivity index (χ1n) is 5.62. The van der Waals surface area contributed by atoms with Crippen molar-refractivity contribution >= 4 is 16.3 Å². The Hall–Kier alpha value is -0.870. The van der Waals surface area contributed by atoms with Crippen LogP contribution >= 0.6 is 11.3 Å². The lowest BCUT2D eigenvalue weighted by Gasteiger charge is -2.28. The van der Waals surface area contributed by atoms with Crippen molar-refractivity contribution in [2.45, 2.75) is 39.7 Å². The number of thiazole rings is 1. The van der Waals surface area contributed by atoms with E-state index in [0.717, 1.165) is 17.1 Å². The third kappa shape index (κ3) is 2.13. The van der Waals surface area contributed by atoms with Gasteiger partial charge in [0, 0.05) is 24.2 Å². The van der Waals surface area contributed by atoms with Crippen LogP contribution < -0.4 is 0 Å². The van der Waals surface area contributed by atoms with Crippen LogP contribution in [0.2, 0.25) is 0 Å². The van der Waals surface area contributed by atoms with E-state index in [9.17, 15) is 5.11 Å². The minimum Gasteiger partial charge on any atom is -0.392 e. The minimum absolute atomic E-state index is 0.0446. The molecule has 0 aromatic carbocycles. The zero-order valence-corrected chi connectivity index (χ0v) is 10.8. The van der Waals surface area contributed by atoms with E-state index >= 15 is 0 Å². The fourth-order valence-corrected chi connectivity index (χ4v) is 2.30. The van der Waals surface area contributed by atoms with E-state index in [1.54, 1.807) is 11.3 Å². The second-order valence-corrected chi connectivity index (χ2v) is 5.76. The third-order valence-corrected chi connectivity index (χ3v) is 4.13. The highest BCUT2D eigenvalue weighted by Gasteiger charge is 2.26. The average Bonchev–Trinajstić information content (AvgIpc) is 2.77. The lowest BCUT2D eigenvalue weighted by atomic mass is 9.82. The number of aromatic nitrogens is 2. The van der Waals surface area contributed by atoms with Gasteiger partial charge in [-0.2, -0.15) is 0 Å². The van der Waals surface area contributed by atoms with E-state index in [2.05, 4.69) is 25.8 Å². The van der Waals surface area contributed by atoms with Crippen molar-refractivity contribution in [2.75, 3.05) is 0 Å². The molecule has 0 radical (unpaired) electrons. The normalized spacial score (nSPS) is 14.5. The molecule has 0 aliphatic rings. The molecule has 0 spiro atoms. The van der Waals surface area contributed by atoms with Gasteiger partial charge in [0.1, 0.15) is 0 Å². The standard InChI is InChI=1S/C12H18N2OS/c1-4-12(2,3)10(15)7-9-8-14-5-6-16-11(14)13-9/h5-6,8,10,15H,4,7H2,1-3H3. The van der Waals surface area contributed by atoms with Crippen molar-refractivity contribution in [3.8, 4) is 0 Å². The number of fused-ring (bicyclic) bond motifs is 1. The molecule has 2 rings (SSSR count). The summed E-state index contributed by atoms with van der Waals surface area (Å²) in [5.74, 6) is 0. The average molecular weight is 238 g/mol. The molecule has 3 nitrogen and oxygen atoms in total. The molecule has 0 fully saturated rings. The molecule has 2 heterocycles. The van der Waals surface area contributed by atoms with Crippen LogP contribution in [0.1, 0.15) is 32.9 Å². The molecule has 0 aliphatic carbocycles. The molecule has 1 N–H and O–H groups in total. The van der Waals surface area contributed by atoms with E-state index in [4.69, 9.17) is 0 Å². The molecule has 88 valence electrons. The zero-order valence-electron chi connectivity index (χ0n) is 9.97. The van der Waals surface area contributed by atoms with Gasteiger partial charge in [-0.25, -0.2) is 4.98 Å². The van der Waals surface area contributed by atoms with Gasteiger partial charge in [0.15, 0.2) is 4.96 Å². The summed E-state index contributed by atoms with van der Waals surface area (Å²) in [6, 6.07) is 0. The Balaban J connectivity index is 2.13. The van der Waals surface area contributed by atoms with Crippen LogP contribution in [0.25, 0.3) is 4.96 Å². The van der Waals surface area contributed by atoms with Crippen molar-refractivity contribution in [3.05, 3.63) is 23.5 Å². The summed E-state index contributed by atoms with van der Waals surface area (Å²) in [4.78, 5) is 5.48. The maximum atomic E-state index is 10.1. The van der Waals surface area contributed by atoms with Gasteiger partial charge < -0.3 is 5.11 Å². The minimum atomic E-state index is -0.331. The summed E-state index contributed by atoms with van der Waals surface area (Å²) in [5.41, 5.74) is 0.928. The Kier molecular flexibility index (Phi) is 3.04. The van der Waals surface area contributed by atoms with Gasteiger partial charge in [0.05, 0.1) is 11.8 Å². The smallest absolute Gasteiger partial charge is 0.193 e. The first-order valence-corrected chi connectivity index (χ1v) is 6.50. The van der Waals surface area contributed by atoms with Gasteiger partial charge in [-0.15, -0.1) is 11.3 Å². The SMILES string of the molecule is CCC(C)(C)C(O)Cc1cn2ccsc2n1. The molecule has 0 bridgehead atoms. The van der Waals surface area contributed by atoms with Crippen LogP contribution in [0.3, 0.4) is 0 Å². The van der Waals surface area contributed by atoms with E-state index in [-0.39, 0.29) is 11.5 Å². The molecule has 0 amide bonds. The number of hydrogen-bond acceptors (Lipinski definition) is 3. The Labute approximate surface area is 99.8 Å². The monoisotopic (exact) mass is 238 g/mol. The Morgan fingerprint density at radius 3 is 2.94 bits per heavy atom. The number of aliphatic hydroxyl groups excluding tert-OH is 1. The van der Waals surface area contributed by atoms with Gasteiger partial charge in [-0.05, 0) is 11.8 Å². The van der Waals surface area contributed by atoms with Gasteiger partial charge in [0.2, 0.25) is 0 Å². The lowest BCUT2D eigenvalue weighted by molar-refractivity contribution is 0.0473. The summed E-state index contributed by atoms with van der Waals surface area (Å²) in [6.45, 7) is 6.29. The lowest BCUT2D eigenvalue weighted by Crippen LogP contribution is -2.30. The topological polar surface area (TPSA) is 37.5 Å². The predicted molar refractivity (Wildman–Crippen MR) is 66.9 cm³/mol. The predicted octanol–water partition coefficient (Wildman–Crippen LogP) is 2.74. The second kappa shape index (κ2) is 4.18. The van der Waals surface area contributed by atoms with Crippen molar-refractivity contribution < 1.29 is 5.11 Å². The molecule has 4 heteroatoms. The van der Waals surface area contributed by atoms with E-state index in [0.29, 0.717) is 6.42 Å². The molecule has 16 heavy (non-hydrogen) atoms. The number of hydrogen-bond donors (Lipinski definition) is 1. The summed E-state index contributed by atoms with van der Waals surface area (Å²) in [6.07, 6.45) is 5.27. The molecule has 0 aliphatic heterocycles. The van der Waals surface area contributed by atoms with Crippen LogP contribution in [0, 0.1) is 5.41 Å². The number of imidazole rings is 1. The van der Waals surface area contributed by atoms with Crippen LogP contribution in [-0.2, 0) is 6.42 Å². The highest BCUT2D eigenvalue weighted by Crippen LogP contribution is 2.27. The van der Waals surface area contributed by atoms with Gasteiger partial charge in [-0.3, -0.25) is 4.40 Å².